The molecular formula is C18H25N3O. The van der Waals surface area contributed by atoms with Gasteiger partial charge in [0.2, 0.25) is 0 Å². The molecule has 0 aliphatic carbocycles. The van der Waals surface area contributed by atoms with E-state index in [-0.39, 0.29) is 0 Å². The van der Waals surface area contributed by atoms with Crippen LogP contribution in [0.3, 0.4) is 0 Å². The number of nitrogens with one attached hydrogen (secondary N) is 1. The molecule has 1 N–H and O–H groups in total. The molecule has 1 aliphatic heterocycles. The van der Waals surface area contributed by atoms with Crippen LogP contribution < -0.4 is 0 Å². The zero-order chi connectivity index (χ0) is 15.5. The second-order valence-electron chi connectivity index (χ2n) is 6.31. The van der Waals surface area contributed by atoms with Gasteiger partial charge in [-0.2, -0.15) is 5.10 Å². The van der Waals surface area contributed by atoms with E-state index < -0.39 is 0 Å². The molecule has 4 heteroatoms. The fourth-order valence-electron chi connectivity index (χ4n) is 3.37. The van der Waals surface area contributed by atoms with E-state index in [0.29, 0.717) is 6.04 Å². The van der Waals surface area contributed by atoms with Crippen LogP contribution in [0.15, 0.2) is 24.4 Å². The van der Waals surface area contributed by atoms with Gasteiger partial charge in [0.25, 0.3) is 0 Å². The second-order valence-corrected chi connectivity index (χ2v) is 6.31. The molecule has 1 aromatic heterocycles. The molecule has 1 saturated heterocycles. The van der Waals surface area contributed by atoms with E-state index in [0.717, 1.165) is 25.4 Å². The minimum Gasteiger partial charge on any atom is -0.383 e. The second kappa shape index (κ2) is 6.63. The molecule has 2 heterocycles. The van der Waals surface area contributed by atoms with Crippen molar-refractivity contribution < 1.29 is 4.74 Å². The number of aromatic amines is 1. The van der Waals surface area contributed by atoms with Gasteiger partial charge in [-0.1, -0.05) is 17.7 Å². The Balaban J connectivity index is 1.85. The van der Waals surface area contributed by atoms with E-state index in [4.69, 9.17) is 4.74 Å². The Kier molecular flexibility index (Phi) is 4.60. The predicted molar refractivity (Wildman–Crippen MR) is 88.8 cm³/mol. The monoisotopic (exact) mass is 299 g/mol. The standard InChI is InChI=1S/C18H25N3O/c1-13-6-7-14(2)17(9-13)18-15(10-19-20-18)11-21-8-4-5-16(21)12-22-3/h6-7,9-10,16H,4-5,8,11-12H2,1-3H3,(H,19,20)/t16-/m0/s1. The number of methoxy groups -OCH3 is 1. The van der Waals surface area contributed by atoms with Crippen LogP contribution in [-0.2, 0) is 11.3 Å². The van der Waals surface area contributed by atoms with Crippen LogP contribution in [0.4, 0.5) is 0 Å². The molecule has 0 spiro atoms. The summed E-state index contributed by atoms with van der Waals surface area (Å²) in [7, 11) is 1.79. The Labute approximate surface area is 132 Å². The first-order valence-corrected chi connectivity index (χ1v) is 8.02. The van der Waals surface area contributed by atoms with Gasteiger partial charge in [0, 0.05) is 30.8 Å². The van der Waals surface area contributed by atoms with Gasteiger partial charge in [0.1, 0.15) is 0 Å². The number of nitrogens with zero attached hydrogens (tertiary/aromatic N) is 2. The number of hydrogen-bond acceptors (Lipinski definition) is 3. The van der Waals surface area contributed by atoms with Crippen molar-refractivity contribution in [3.8, 4) is 11.3 Å². The molecule has 1 atom stereocenters. The third-order valence-electron chi connectivity index (χ3n) is 4.61. The number of aromatic nitrogens is 2. The summed E-state index contributed by atoms with van der Waals surface area (Å²) in [6, 6.07) is 7.11. The van der Waals surface area contributed by atoms with Gasteiger partial charge < -0.3 is 4.74 Å². The molecule has 22 heavy (non-hydrogen) atoms. The molecule has 0 radical (unpaired) electrons. The smallest absolute Gasteiger partial charge is 0.0698 e. The SMILES string of the molecule is COC[C@@H]1CCCN1Cc1cn[nH]c1-c1cc(C)ccc1C. The molecule has 0 amide bonds. The Bertz CT molecular complexity index is 635. The minimum absolute atomic E-state index is 0.534. The zero-order valence-corrected chi connectivity index (χ0v) is 13.7. The van der Waals surface area contributed by atoms with Crippen molar-refractivity contribution in [1.29, 1.82) is 0 Å². The van der Waals surface area contributed by atoms with E-state index in [9.17, 15) is 0 Å². The molecule has 2 aromatic rings. The minimum atomic E-state index is 0.534. The normalized spacial score (nSPS) is 19.0. The van der Waals surface area contributed by atoms with E-state index >= 15 is 0 Å². The molecule has 1 aliphatic rings. The third kappa shape index (κ3) is 3.08. The maximum atomic E-state index is 5.36. The first-order chi connectivity index (χ1) is 10.7. The summed E-state index contributed by atoms with van der Waals surface area (Å²) in [5.41, 5.74) is 6.25. The largest absolute Gasteiger partial charge is 0.383 e. The Morgan fingerprint density at radius 1 is 1.36 bits per heavy atom. The zero-order valence-electron chi connectivity index (χ0n) is 13.7. The maximum Gasteiger partial charge on any atom is 0.0698 e. The summed E-state index contributed by atoms with van der Waals surface area (Å²) in [6.45, 7) is 7.19. The van der Waals surface area contributed by atoms with Crippen LogP contribution in [-0.4, -0.2) is 41.4 Å². The molecule has 1 aromatic carbocycles. The average molecular weight is 299 g/mol. The van der Waals surface area contributed by atoms with Crippen molar-refractivity contribution in [2.75, 3.05) is 20.3 Å². The van der Waals surface area contributed by atoms with Gasteiger partial charge >= 0.3 is 0 Å². The lowest BCUT2D eigenvalue weighted by Gasteiger charge is -2.23. The van der Waals surface area contributed by atoms with E-state index in [1.807, 2.05) is 6.20 Å². The fourth-order valence-corrected chi connectivity index (χ4v) is 3.37. The summed E-state index contributed by atoms with van der Waals surface area (Å²) in [4.78, 5) is 2.52. The number of H-pyrrole nitrogens is 1. The van der Waals surface area contributed by atoms with Crippen LogP contribution in [0.5, 0.6) is 0 Å². The summed E-state index contributed by atoms with van der Waals surface area (Å²) in [5.74, 6) is 0. The molecule has 0 bridgehead atoms. The van der Waals surface area contributed by atoms with Crippen molar-refractivity contribution >= 4 is 0 Å². The Hall–Kier alpha value is -1.65. The van der Waals surface area contributed by atoms with Gasteiger partial charge in [0.15, 0.2) is 0 Å². The van der Waals surface area contributed by atoms with Gasteiger partial charge in [-0.05, 0) is 44.9 Å². The lowest BCUT2D eigenvalue weighted by molar-refractivity contribution is 0.112. The quantitative estimate of drug-likeness (QED) is 0.921. The van der Waals surface area contributed by atoms with Crippen molar-refractivity contribution in [2.45, 2.75) is 39.3 Å². The summed E-state index contributed by atoms with van der Waals surface area (Å²) < 4.78 is 5.36. The average Bonchev–Trinajstić information content (AvgIpc) is 3.13. The molecule has 4 nitrogen and oxygen atoms in total. The highest BCUT2D eigenvalue weighted by Crippen LogP contribution is 2.28. The van der Waals surface area contributed by atoms with Crippen LogP contribution in [0.2, 0.25) is 0 Å². The van der Waals surface area contributed by atoms with Gasteiger partial charge in [0.05, 0.1) is 18.5 Å². The van der Waals surface area contributed by atoms with Crippen molar-refractivity contribution in [1.82, 2.24) is 15.1 Å². The number of aryl methyl sites for hydroxylation is 2. The molecule has 0 saturated carbocycles. The summed E-state index contributed by atoms with van der Waals surface area (Å²) >= 11 is 0. The van der Waals surface area contributed by atoms with Crippen molar-refractivity contribution in [3.63, 3.8) is 0 Å². The van der Waals surface area contributed by atoms with Crippen LogP contribution in [0, 0.1) is 13.8 Å². The molecule has 0 unspecified atom stereocenters. The number of rotatable bonds is 5. The predicted octanol–water partition coefficient (Wildman–Crippen LogP) is 3.30. The van der Waals surface area contributed by atoms with Crippen LogP contribution in [0.1, 0.15) is 29.5 Å². The summed E-state index contributed by atoms with van der Waals surface area (Å²) in [5, 5.41) is 7.50. The van der Waals surface area contributed by atoms with E-state index in [1.54, 1.807) is 7.11 Å². The van der Waals surface area contributed by atoms with Crippen LogP contribution in [0.25, 0.3) is 11.3 Å². The van der Waals surface area contributed by atoms with E-state index in [1.165, 1.54) is 35.1 Å². The topological polar surface area (TPSA) is 41.1 Å². The fraction of sp³-hybridized carbons (Fsp3) is 0.500. The van der Waals surface area contributed by atoms with Crippen molar-refractivity contribution in [2.24, 2.45) is 0 Å². The Morgan fingerprint density at radius 3 is 3.05 bits per heavy atom. The molecular weight excluding hydrogens is 274 g/mol. The van der Waals surface area contributed by atoms with Gasteiger partial charge in [-0.25, -0.2) is 0 Å². The molecule has 118 valence electrons. The first kappa shape index (κ1) is 15.3. The first-order valence-electron chi connectivity index (χ1n) is 8.02. The highest BCUT2D eigenvalue weighted by atomic mass is 16.5. The highest BCUT2D eigenvalue weighted by Gasteiger charge is 2.25. The number of benzene rings is 1. The van der Waals surface area contributed by atoms with Gasteiger partial charge in [-0.15, -0.1) is 0 Å². The Morgan fingerprint density at radius 2 is 2.23 bits per heavy atom. The highest BCUT2D eigenvalue weighted by molar-refractivity contribution is 5.67. The molecule has 1 fully saturated rings. The lowest BCUT2D eigenvalue weighted by Crippen LogP contribution is -2.32. The maximum absolute atomic E-state index is 5.36. The number of hydrogen-bond donors (Lipinski definition) is 1. The number of ether oxygens (including phenoxy) is 1. The lowest BCUT2D eigenvalue weighted by atomic mass is 10.00. The summed E-state index contributed by atoms with van der Waals surface area (Å²) in [6.07, 6.45) is 4.45. The number of likely N-dealkylation sites (tertiary alicyclic amines) is 1. The molecule has 3 rings (SSSR count). The van der Waals surface area contributed by atoms with Gasteiger partial charge in [-0.3, -0.25) is 10.00 Å². The van der Waals surface area contributed by atoms with Crippen LogP contribution >= 0.6 is 0 Å². The third-order valence-corrected chi connectivity index (χ3v) is 4.61. The van der Waals surface area contributed by atoms with E-state index in [2.05, 4.69) is 47.1 Å². The van der Waals surface area contributed by atoms with Crippen molar-refractivity contribution in [3.05, 3.63) is 41.1 Å².